The number of hydrogen-bond donors (Lipinski definition) is 1. The second-order valence-corrected chi connectivity index (χ2v) is 4.70. The predicted octanol–water partition coefficient (Wildman–Crippen LogP) is 3.23. The SMILES string of the molecule is C[C@@H](c1ccc(C(F)(F)F)cc1F)N1CCNCC1.Cl. The van der Waals surface area contributed by atoms with Crippen molar-refractivity contribution in [2.24, 2.45) is 0 Å². The lowest BCUT2D eigenvalue weighted by atomic mass is 10.0. The fraction of sp³-hybridized carbons (Fsp3) is 0.538. The molecule has 0 aromatic heterocycles. The van der Waals surface area contributed by atoms with Gasteiger partial charge in [0, 0.05) is 37.8 Å². The van der Waals surface area contributed by atoms with Gasteiger partial charge in [-0.25, -0.2) is 4.39 Å². The number of nitrogens with zero attached hydrogens (tertiary/aromatic N) is 1. The van der Waals surface area contributed by atoms with Crippen molar-refractivity contribution in [2.75, 3.05) is 26.2 Å². The molecule has 1 aliphatic rings. The molecule has 0 amide bonds. The molecule has 114 valence electrons. The van der Waals surface area contributed by atoms with Gasteiger partial charge in [0.05, 0.1) is 5.56 Å². The molecule has 20 heavy (non-hydrogen) atoms. The molecule has 0 aliphatic carbocycles. The number of alkyl halides is 3. The van der Waals surface area contributed by atoms with Gasteiger partial charge in [-0.2, -0.15) is 13.2 Å². The van der Waals surface area contributed by atoms with E-state index in [-0.39, 0.29) is 18.4 Å². The zero-order valence-electron chi connectivity index (χ0n) is 11.0. The molecule has 2 rings (SSSR count). The van der Waals surface area contributed by atoms with Crippen LogP contribution in [0.25, 0.3) is 0 Å². The Morgan fingerprint density at radius 3 is 2.30 bits per heavy atom. The van der Waals surface area contributed by atoms with E-state index in [2.05, 4.69) is 10.2 Å². The molecule has 0 spiro atoms. The Hall–Kier alpha value is -0.850. The van der Waals surface area contributed by atoms with Gasteiger partial charge in [-0.05, 0) is 19.1 Å². The van der Waals surface area contributed by atoms with Crippen LogP contribution in [0, 0.1) is 5.82 Å². The zero-order chi connectivity index (χ0) is 14.0. The van der Waals surface area contributed by atoms with Crippen molar-refractivity contribution < 1.29 is 17.6 Å². The minimum Gasteiger partial charge on any atom is -0.314 e. The normalized spacial score (nSPS) is 18.4. The third kappa shape index (κ3) is 3.84. The van der Waals surface area contributed by atoms with Crippen LogP contribution in [0.15, 0.2) is 18.2 Å². The highest BCUT2D eigenvalue weighted by atomic mass is 35.5. The van der Waals surface area contributed by atoms with Crippen LogP contribution in [-0.4, -0.2) is 31.1 Å². The summed E-state index contributed by atoms with van der Waals surface area (Å²) in [7, 11) is 0. The molecule has 1 aromatic rings. The molecule has 0 radical (unpaired) electrons. The summed E-state index contributed by atoms with van der Waals surface area (Å²) in [4.78, 5) is 2.06. The van der Waals surface area contributed by atoms with Crippen molar-refractivity contribution in [3.05, 3.63) is 35.1 Å². The molecule has 1 N–H and O–H groups in total. The van der Waals surface area contributed by atoms with E-state index in [9.17, 15) is 17.6 Å². The molecule has 1 atom stereocenters. The fourth-order valence-electron chi connectivity index (χ4n) is 2.31. The Bertz CT molecular complexity index is 444. The highest BCUT2D eigenvalue weighted by Crippen LogP contribution is 2.32. The molecule has 1 heterocycles. The van der Waals surface area contributed by atoms with E-state index in [1.54, 1.807) is 0 Å². The Balaban J connectivity index is 0.00000200. The van der Waals surface area contributed by atoms with Crippen LogP contribution in [0.2, 0.25) is 0 Å². The standard InChI is InChI=1S/C13H16F4N2.ClH/c1-9(19-6-4-18-5-7-19)11-3-2-10(8-12(11)14)13(15,16)17;/h2-3,8-9,18H,4-7H2,1H3;1H/t9-;/m0./s1. The first-order valence-electron chi connectivity index (χ1n) is 6.21. The van der Waals surface area contributed by atoms with E-state index in [0.29, 0.717) is 11.6 Å². The van der Waals surface area contributed by atoms with Gasteiger partial charge in [-0.15, -0.1) is 12.4 Å². The van der Waals surface area contributed by atoms with Crippen molar-refractivity contribution in [3.8, 4) is 0 Å². The minimum atomic E-state index is -4.50. The maximum absolute atomic E-state index is 13.8. The molecule has 1 aromatic carbocycles. The molecular formula is C13H17ClF4N2. The Labute approximate surface area is 121 Å². The van der Waals surface area contributed by atoms with Gasteiger partial charge in [0.15, 0.2) is 0 Å². The molecule has 2 nitrogen and oxygen atoms in total. The maximum Gasteiger partial charge on any atom is 0.416 e. The Morgan fingerprint density at radius 2 is 1.80 bits per heavy atom. The molecule has 1 saturated heterocycles. The first kappa shape index (κ1) is 17.2. The molecule has 0 bridgehead atoms. The van der Waals surface area contributed by atoms with Gasteiger partial charge in [-0.1, -0.05) is 6.07 Å². The van der Waals surface area contributed by atoms with Crippen molar-refractivity contribution >= 4 is 12.4 Å². The third-order valence-corrected chi connectivity index (χ3v) is 3.48. The number of nitrogens with one attached hydrogen (secondary N) is 1. The van der Waals surface area contributed by atoms with Gasteiger partial charge in [0.25, 0.3) is 0 Å². The van der Waals surface area contributed by atoms with Gasteiger partial charge in [-0.3, -0.25) is 4.90 Å². The fourth-order valence-corrected chi connectivity index (χ4v) is 2.31. The Kier molecular flexibility index (Phi) is 5.79. The average molecular weight is 313 g/mol. The summed E-state index contributed by atoms with van der Waals surface area (Å²) in [6.07, 6.45) is -4.50. The maximum atomic E-state index is 13.8. The number of benzene rings is 1. The quantitative estimate of drug-likeness (QED) is 0.844. The first-order chi connectivity index (χ1) is 8.89. The summed E-state index contributed by atoms with van der Waals surface area (Å²) in [6, 6.07) is 2.54. The summed E-state index contributed by atoms with van der Waals surface area (Å²) < 4.78 is 51.3. The summed E-state index contributed by atoms with van der Waals surface area (Å²) in [6.45, 7) is 4.97. The molecule has 7 heteroatoms. The minimum absolute atomic E-state index is 0. The summed E-state index contributed by atoms with van der Waals surface area (Å²) in [5.74, 6) is -0.791. The summed E-state index contributed by atoms with van der Waals surface area (Å²) in [5.41, 5.74) is -0.629. The molecule has 0 unspecified atom stereocenters. The number of rotatable bonds is 2. The van der Waals surface area contributed by atoms with Crippen molar-refractivity contribution in [1.82, 2.24) is 10.2 Å². The van der Waals surface area contributed by atoms with Crippen LogP contribution < -0.4 is 5.32 Å². The van der Waals surface area contributed by atoms with Gasteiger partial charge < -0.3 is 5.32 Å². The predicted molar refractivity (Wildman–Crippen MR) is 71.5 cm³/mol. The van der Waals surface area contributed by atoms with Gasteiger partial charge in [0.1, 0.15) is 5.82 Å². The highest BCUT2D eigenvalue weighted by molar-refractivity contribution is 5.85. The van der Waals surface area contributed by atoms with E-state index in [0.717, 1.165) is 32.2 Å². The number of halogens is 5. The molecule has 0 saturated carbocycles. The van der Waals surface area contributed by atoms with E-state index >= 15 is 0 Å². The highest BCUT2D eigenvalue weighted by Gasteiger charge is 2.32. The van der Waals surface area contributed by atoms with E-state index in [1.165, 1.54) is 6.07 Å². The first-order valence-corrected chi connectivity index (χ1v) is 6.21. The van der Waals surface area contributed by atoms with Crippen molar-refractivity contribution in [3.63, 3.8) is 0 Å². The summed E-state index contributed by atoms with van der Waals surface area (Å²) >= 11 is 0. The van der Waals surface area contributed by atoms with Crippen LogP contribution in [0.4, 0.5) is 17.6 Å². The lowest BCUT2D eigenvalue weighted by Crippen LogP contribution is -2.44. The number of hydrogen-bond acceptors (Lipinski definition) is 2. The van der Waals surface area contributed by atoms with Crippen molar-refractivity contribution in [1.29, 1.82) is 0 Å². The largest absolute Gasteiger partial charge is 0.416 e. The van der Waals surface area contributed by atoms with Crippen LogP contribution in [0.3, 0.4) is 0 Å². The van der Waals surface area contributed by atoms with E-state index < -0.39 is 17.6 Å². The zero-order valence-corrected chi connectivity index (χ0v) is 11.8. The smallest absolute Gasteiger partial charge is 0.314 e. The lowest BCUT2D eigenvalue weighted by molar-refractivity contribution is -0.137. The van der Waals surface area contributed by atoms with Gasteiger partial charge >= 0.3 is 6.18 Å². The van der Waals surface area contributed by atoms with Crippen LogP contribution in [0.1, 0.15) is 24.1 Å². The van der Waals surface area contributed by atoms with Crippen LogP contribution in [0.5, 0.6) is 0 Å². The van der Waals surface area contributed by atoms with Crippen LogP contribution >= 0.6 is 12.4 Å². The van der Waals surface area contributed by atoms with Crippen LogP contribution in [-0.2, 0) is 6.18 Å². The topological polar surface area (TPSA) is 15.3 Å². The molecule has 1 aliphatic heterocycles. The average Bonchev–Trinajstić information content (AvgIpc) is 2.38. The lowest BCUT2D eigenvalue weighted by Gasteiger charge is -2.33. The number of piperazine rings is 1. The second-order valence-electron chi connectivity index (χ2n) is 4.70. The third-order valence-electron chi connectivity index (χ3n) is 3.48. The summed E-state index contributed by atoms with van der Waals surface area (Å²) in [5, 5.41) is 3.18. The second kappa shape index (κ2) is 6.74. The van der Waals surface area contributed by atoms with Gasteiger partial charge in [0.2, 0.25) is 0 Å². The van der Waals surface area contributed by atoms with E-state index in [4.69, 9.17) is 0 Å². The van der Waals surface area contributed by atoms with Crippen molar-refractivity contribution in [2.45, 2.75) is 19.1 Å². The molecular weight excluding hydrogens is 296 g/mol. The van der Waals surface area contributed by atoms with E-state index in [1.807, 2.05) is 6.92 Å². The Morgan fingerprint density at radius 1 is 1.20 bits per heavy atom. The molecule has 1 fully saturated rings. The monoisotopic (exact) mass is 312 g/mol.